The van der Waals surface area contributed by atoms with E-state index in [-0.39, 0.29) is 27.8 Å². The number of sulfonamides is 1. The molecule has 4 rings (SSSR count). The van der Waals surface area contributed by atoms with Gasteiger partial charge in [-0.05, 0) is 63.4 Å². The van der Waals surface area contributed by atoms with Gasteiger partial charge >= 0.3 is 0 Å². The van der Waals surface area contributed by atoms with Crippen molar-refractivity contribution < 1.29 is 17.9 Å². The lowest BCUT2D eigenvalue weighted by Crippen LogP contribution is -2.43. The number of aromatic nitrogens is 1. The maximum absolute atomic E-state index is 13.4. The maximum atomic E-state index is 13.4. The monoisotopic (exact) mass is 483 g/mol. The maximum Gasteiger partial charge on any atom is 0.264 e. The number of hydrogen-bond acceptors (Lipinski definition) is 5. The van der Waals surface area contributed by atoms with Crippen LogP contribution in [0.5, 0.6) is 5.75 Å². The van der Waals surface area contributed by atoms with Gasteiger partial charge in [0, 0.05) is 36.7 Å². The summed E-state index contributed by atoms with van der Waals surface area (Å²) in [7, 11) is -2.55. The van der Waals surface area contributed by atoms with Crippen molar-refractivity contribution in [3.63, 3.8) is 0 Å². The van der Waals surface area contributed by atoms with Gasteiger partial charge in [0.2, 0.25) is 5.43 Å². The molecule has 0 saturated carbocycles. The molecule has 1 fully saturated rings. The number of fused-ring (bicyclic) bond motifs is 1. The van der Waals surface area contributed by atoms with E-state index in [0.717, 1.165) is 23.6 Å². The zero-order valence-electron chi connectivity index (χ0n) is 19.6. The van der Waals surface area contributed by atoms with Crippen LogP contribution in [0, 0.1) is 0 Å². The highest BCUT2D eigenvalue weighted by Gasteiger charge is 2.28. The standard InChI is InChI=1S/C25H29N3O5S/c1-4-33-23-11-6-5-10-22(23)27(3)34(31,32)18-12-13-21-19(15-18)24(29)20(16-26-21)25(30)28-14-8-7-9-17(28)2/h5-6,10-13,15-17H,4,7-9,14H2,1-3H3,(H,26,29)/t17-/m1/s1. The first-order valence-electron chi connectivity index (χ1n) is 11.4. The molecule has 1 saturated heterocycles. The number of anilines is 1. The van der Waals surface area contributed by atoms with E-state index in [1.807, 2.05) is 13.8 Å². The highest BCUT2D eigenvalue weighted by atomic mass is 32.2. The number of ether oxygens (including phenoxy) is 1. The number of amides is 1. The summed E-state index contributed by atoms with van der Waals surface area (Å²) < 4.78 is 33.6. The first-order valence-corrected chi connectivity index (χ1v) is 12.9. The van der Waals surface area contributed by atoms with Gasteiger partial charge in [0.25, 0.3) is 15.9 Å². The fourth-order valence-electron chi connectivity index (χ4n) is 4.35. The molecule has 0 bridgehead atoms. The van der Waals surface area contributed by atoms with E-state index < -0.39 is 15.5 Å². The molecule has 1 aromatic heterocycles. The Morgan fingerprint density at radius 1 is 1.21 bits per heavy atom. The molecule has 1 aliphatic rings. The summed E-state index contributed by atoms with van der Waals surface area (Å²) in [6.07, 6.45) is 4.28. The average molecular weight is 484 g/mol. The molecule has 34 heavy (non-hydrogen) atoms. The zero-order valence-corrected chi connectivity index (χ0v) is 20.4. The molecule has 3 aromatic rings. The molecule has 0 radical (unpaired) electrons. The molecule has 2 aromatic carbocycles. The predicted molar refractivity (Wildman–Crippen MR) is 132 cm³/mol. The summed E-state index contributed by atoms with van der Waals surface area (Å²) in [6, 6.07) is 11.2. The number of aromatic amines is 1. The second kappa shape index (κ2) is 9.50. The summed E-state index contributed by atoms with van der Waals surface area (Å²) >= 11 is 0. The largest absolute Gasteiger partial charge is 0.492 e. The van der Waals surface area contributed by atoms with E-state index in [0.29, 0.717) is 30.1 Å². The van der Waals surface area contributed by atoms with Crippen LogP contribution in [0.15, 0.2) is 58.4 Å². The number of nitrogens with zero attached hydrogens (tertiary/aromatic N) is 2. The van der Waals surface area contributed by atoms with Crippen LogP contribution in [-0.4, -0.2) is 50.5 Å². The number of nitrogens with one attached hydrogen (secondary N) is 1. The van der Waals surface area contributed by atoms with Gasteiger partial charge in [0.05, 0.1) is 17.2 Å². The SMILES string of the molecule is CCOc1ccccc1N(C)S(=O)(=O)c1ccc2[nH]cc(C(=O)N3CCCC[C@H]3C)c(=O)c2c1. The summed E-state index contributed by atoms with van der Waals surface area (Å²) in [5.74, 6) is 0.115. The Labute approximate surface area is 199 Å². The third kappa shape index (κ3) is 4.27. The van der Waals surface area contributed by atoms with Gasteiger partial charge < -0.3 is 14.6 Å². The lowest BCUT2D eigenvalue weighted by atomic mass is 10.0. The summed E-state index contributed by atoms with van der Waals surface area (Å²) in [4.78, 5) is 31.1. The number of likely N-dealkylation sites (tertiary alicyclic amines) is 1. The van der Waals surface area contributed by atoms with E-state index in [2.05, 4.69) is 4.98 Å². The van der Waals surface area contributed by atoms with Crippen molar-refractivity contribution >= 4 is 32.5 Å². The Hall–Kier alpha value is -3.33. The van der Waals surface area contributed by atoms with Crippen molar-refractivity contribution in [3.05, 3.63) is 64.4 Å². The van der Waals surface area contributed by atoms with Crippen LogP contribution in [0.2, 0.25) is 0 Å². The van der Waals surface area contributed by atoms with Crippen LogP contribution in [0.4, 0.5) is 5.69 Å². The third-order valence-corrected chi connectivity index (χ3v) is 8.08. The Morgan fingerprint density at radius 2 is 1.97 bits per heavy atom. The van der Waals surface area contributed by atoms with Gasteiger partial charge in [-0.15, -0.1) is 0 Å². The molecule has 1 aliphatic heterocycles. The van der Waals surface area contributed by atoms with Crippen molar-refractivity contribution in [1.82, 2.24) is 9.88 Å². The highest BCUT2D eigenvalue weighted by Crippen LogP contribution is 2.31. The van der Waals surface area contributed by atoms with Crippen LogP contribution in [0.25, 0.3) is 10.9 Å². The Bertz CT molecular complexity index is 1380. The number of carbonyl (C=O) groups is 1. The van der Waals surface area contributed by atoms with E-state index in [1.165, 1.54) is 25.4 Å². The van der Waals surface area contributed by atoms with Crippen molar-refractivity contribution in [1.29, 1.82) is 0 Å². The van der Waals surface area contributed by atoms with Crippen LogP contribution < -0.4 is 14.5 Å². The topological polar surface area (TPSA) is 99.8 Å². The van der Waals surface area contributed by atoms with Crippen LogP contribution in [0.3, 0.4) is 0 Å². The third-order valence-electron chi connectivity index (χ3n) is 6.31. The van der Waals surface area contributed by atoms with Gasteiger partial charge in [-0.3, -0.25) is 13.9 Å². The molecule has 2 heterocycles. The molecule has 1 atom stereocenters. The first kappa shape index (κ1) is 23.8. The van der Waals surface area contributed by atoms with Crippen molar-refractivity contribution in [3.8, 4) is 5.75 Å². The fourth-order valence-corrected chi connectivity index (χ4v) is 5.59. The molecule has 9 heteroatoms. The van der Waals surface area contributed by atoms with Crippen LogP contribution in [0.1, 0.15) is 43.5 Å². The smallest absolute Gasteiger partial charge is 0.264 e. The van der Waals surface area contributed by atoms with Gasteiger partial charge in [-0.2, -0.15) is 0 Å². The molecule has 8 nitrogen and oxygen atoms in total. The molecule has 0 unspecified atom stereocenters. The van der Waals surface area contributed by atoms with Gasteiger partial charge in [0.15, 0.2) is 0 Å². The number of H-pyrrole nitrogens is 1. The lowest BCUT2D eigenvalue weighted by molar-refractivity contribution is 0.0634. The van der Waals surface area contributed by atoms with E-state index in [1.54, 1.807) is 35.2 Å². The number of pyridine rings is 1. The number of carbonyl (C=O) groups excluding carboxylic acids is 1. The summed E-state index contributed by atoms with van der Waals surface area (Å²) in [5.41, 5.74) is 0.391. The predicted octanol–water partition coefficient (Wildman–Crippen LogP) is 3.77. The summed E-state index contributed by atoms with van der Waals surface area (Å²) in [5, 5.41) is 0.156. The normalized spacial score (nSPS) is 16.4. The van der Waals surface area contributed by atoms with Crippen LogP contribution >= 0.6 is 0 Å². The molecule has 0 aliphatic carbocycles. The van der Waals surface area contributed by atoms with Gasteiger partial charge in [-0.1, -0.05) is 12.1 Å². The van der Waals surface area contributed by atoms with Crippen LogP contribution in [-0.2, 0) is 10.0 Å². The Balaban J connectivity index is 1.75. The molecule has 1 amide bonds. The number of benzene rings is 2. The van der Waals surface area contributed by atoms with Crippen molar-refractivity contribution in [2.45, 2.75) is 44.0 Å². The number of piperidine rings is 1. The Kier molecular flexibility index (Phi) is 6.65. The van der Waals surface area contributed by atoms with Gasteiger partial charge in [-0.25, -0.2) is 8.42 Å². The fraction of sp³-hybridized carbons (Fsp3) is 0.360. The molecular weight excluding hydrogens is 454 g/mol. The van der Waals surface area contributed by atoms with E-state index >= 15 is 0 Å². The number of hydrogen-bond donors (Lipinski definition) is 1. The number of rotatable bonds is 6. The highest BCUT2D eigenvalue weighted by molar-refractivity contribution is 7.92. The minimum atomic E-state index is -4.00. The Morgan fingerprint density at radius 3 is 2.71 bits per heavy atom. The zero-order chi connectivity index (χ0) is 24.5. The second-order valence-electron chi connectivity index (χ2n) is 8.46. The first-order chi connectivity index (χ1) is 16.3. The van der Waals surface area contributed by atoms with E-state index in [4.69, 9.17) is 4.74 Å². The molecule has 0 spiro atoms. The minimum absolute atomic E-state index is 0.0193. The van der Waals surface area contributed by atoms with Crippen molar-refractivity contribution in [2.24, 2.45) is 0 Å². The summed E-state index contributed by atoms with van der Waals surface area (Å²) in [6.45, 7) is 4.80. The molecule has 180 valence electrons. The molecule has 1 N–H and O–H groups in total. The minimum Gasteiger partial charge on any atom is -0.492 e. The van der Waals surface area contributed by atoms with E-state index in [9.17, 15) is 18.0 Å². The van der Waals surface area contributed by atoms with Crippen molar-refractivity contribution in [2.75, 3.05) is 24.5 Å². The van der Waals surface area contributed by atoms with Gasteiger partial charge in [0.1, 0.15) is 11.3 Å². The average Bonchev–Trinajstić information content (AvgIpc) is 2.84. The molecular formula is C25H29N3O5S. The lowest BCUT2D eigenvalue weighted by Gasteiger charge is -2.33. The second-order valence-corrected chi connectivity index (χ2v) is 10.4. The number of para-hydroxylation sites is 2. The quantitative estimate of drug-likeness (QED) is 0.575.